The Morgan fingerprint density at radius 1 is 1.25 bits per heavy atom. The molecule has 0 atom stereocenters. The molecule has 1 N–H and O–H groups in total. The number of H-pyrrole nitrogens is 1. The van der Waals surface area contributed by atoms with Crippen LogP contribution in [0, 0.1) is 13.8 Å². The van der Waals surface area contributed by atoms with Gasteiger partial charge < -0.3 is 9.47 Å². The molecule has 1 aromatic carbocycles. The first-order valence-electron chi connectivity index (χ1n) is 8.96. The third-order valence-electron chi connectivity index (χ3n) is 4.60. The number of aryl methyl sites for hydroxylation is 3. The van der Waals surface area contributed by atoms with Gasteiger partial charge in [0, 0.05) is 19.2 Å². The topological polar surface area (TPSA) is 86.2 Å². The van der Waals surface area contributed by atoms with Gasteiger partial charge in [0.2, 0.25) is 0 Å². The maximum atomic E-state index is 12.1. The largest absolute Gasteiger partial charge is 0.488 e. The van der Waals surface area contributed by atoms with Crippen molar-refractivity contribution in [3.8, 4) is 5.75 Å². The van der Waals surface area contributed by atoms with Crippen LogP contribution in [0.25, 0.3) is 11.0 Å². The molecule has 0 radical (unpaired) electrons. The van der Waals surface area contributed by atoms with Crippen molar-refractivity contribution in [1.29, 1.82) is 0 Å². The molecule has 0 aliphatic carbocycles. The van der Waals surface area contributed by atoms with Gasteiger partial charge in [0.15, 0.2) is 5.65 Å². The lowest BCUT2D eigenvalue weighted by atomic mass is 10.0. The third-order valence-corrected chi connectivity index (χ3v) is 4.91. The highest BCUT2D eigenvalue weighted by atomic mass is 35.5. The van der Waals surface area contributed by atoms with E-state index < -0.39 is 0 Å². The van der Waals surface area contributed by atoms with Gasteiger partial charge in [0.25, 0.3) is 5.56 Å². The number of aromatic amines is 1. The Labute approximate surface area is 167 Å². The average molecular weight is 404 g/mol. The molecule has 0 saturated carbocycles. The van der Waals surface area contributed by atoms with Crippen LogP contribution in [0.5, 0.6) is 5.75 Å². The van der Waals surface area contributed by atoms with E-state index in [1.165, 1.54) is 0 Å². The fourth-order valence-electron chi connectivity index (χ4n) is 3.18. The van der Waals surface area contributed by atoms with Gasteiger partial charge in [-0.25, -0.2) is 4.98 Å². The maximum absolute atomic E-state index is 12.1. The van der Waals surface area contributed by atoms with Crippen LogP contribution in [0.2, 0.25) is 5.02 Å². The monoisotopic (exact) mass is 403 g/mol. The molecule has 3 rings (SSSR count). The number of halogens is 1. The lowest BCUT2D eigenvalue weighted by Gasteiger charge is -2.11. The summed E-state index contributed by atoms with van der Waals surface area (Å²) in [5, 5.41) is 3.78. The van der Waals surface area contributed by atoms with Crippen LogP contribution in [-0.4, -0.2) is 33.9 Å². The molecule has 2 heterocycles. The van der Waals surface area contributed by atoms with Crippen LogP contribution in [0.4, 0.5) is 0 Å². The number of hydrogen-bond acceptors (Lipinski definition) is 5. The second kappa shape index (κ2) is 8.48. The fraction of sp³-hybridized carbons (Fsp3) is 0.350. The molecule has 2 aromatic heterocycles. The number of benzene rings is 1. The van der Waals surface area contributed by atoms with Crippen LogP contribution in [-0.2, 0) is 23.0 Å². The molecule has 0 fully saturated rings. The number of nitrogens with one attached hydrogen (secondary N) is 1. The Morgan fingerprint density at radius 2 is 2.00 bits per heavy atom. The second-order valence-electron chi connectivity index (χ2n) is 6.50. The molecule has 0 amide bonds. The molecule has 3 aromatic rings. The van der Waals surface area contributed by atoms with Crippen molar-refractivity contribution in [3.05, 3.63) is 56.5 Å². The summed E-state index contributed by atoms with van der Waals surface area (Å²) < 4.78 is 12.3. The third kappa shape index (κ3) is 4.20. The maximum Gasteiger partial charge on any atom is 0.306 e. The summed E-state index contributed by atoms with van der Waals surface area (Å²) in [5.41, 5.74) is 2.98. The number of fused-ring (bicyclic) bond motifs is 1. The molecule has 0 spiro atoms. The lowest BCUT2D eigenvalue weighted by molar-refractivity contribution is -0.144. The molecule has 148 valence electrons. The Bertz CT molecular complexity index is 1070. The summed E-state index contributed by atoms with van der Waals surface area (Å²) in [6, 6.07) is 7.12. The van der Waals surface area contributed by atoms with Crippen molar-refractivity contribution in [2.75, 3.05) is 13.2 Å². The van der Waals surface area contributed by atoms with Crippen molar-refractivity contribution in [3.63, 3.8) is 0 Å². The SMILES string of the molecule is Cc1nc2c(c(C)c1CCC(=O)OCCOc1ccccc1Cl)c(=O)[nH]n2C. The predicted molar refractivity (Wildman–Crippen MR) is 107 cm³/mol. The van der Waals surface area contributed by atoms with Crippen LogP contribution in [0.3, 0.4) is 0 Å². The Morgan fingerprint density at radius 3 is 2.75 bits per heavy atom. The van der Waals surface area contributed by atoms with Crippen molar-refractivity contribution in [2.24, 2.45) is 7.05 Å². The number of nitrogens with zero attached hydrogens (tertiary/aromatic N) is 2. The highest BCUT2D eigenvalue weighted by molar-refractivity contribution is 6.32. The molecule has 8 heteroatoms. The number of pyridine rings is 1. The van der Waals surface area contributed by atoms with Gasteiger partial charge in [0.1, 0.15) is 19.0 Å². The van der Waals surface area contributed by atoms with Crippen LogP contribution < -0.4 is 10.3 Å². The Balaban J connectivity index is 1.55. The minimum atomic E-state index is -0.330. The van der Waals surface area contributed by atoms with Gasteiger partial charge in [-0.3, -0.25) is 19.4 Å². The van der Waals surface area contributed by atoms with Crippen molar-refractivity contribution in [1.82, 2.24) is 14.8 Å². The minimum absolute atomic E-state index is 0.137. The minimum Gasteiger partial charge on any atom is -0.488 e. The summed E-state index contributed by atoms with van der Waals surface area (Å²) in [4.78, 5) is 28.7. The second-order valence-corrected chi connectivity index (χ2v) is 6.91. The zero-order valence-corrected chi connectivity index (χ0v) is 16.8. The average Bonchev–Trinajstić information content (AvgIpc) is 2.93. The van der Waals surface area contributed by atoms with Gasteiger partial charge in [-0.1, -0.05) is 23.7 Å². The van der Waals surface area contributed by atoms with Gasteiger partial charge in [0.05, 0.1) is 10.4 Å². The van der Waals surface area contributed by atoms with E-state index in [2.05, 4.69) is 10.1 Å². The molecular formula is C20H22ClN3O4. The van der Waals surface area contributed by atoms with E-state index in [4.69, 9.17) is 21.1 Å². The first-order chi connectivity index (χ1) is 13.4. The first kappa shape index (κ1) is 19.9. The quantitative estimate of drug-likeness (QED) is 0.484. The Hall–Kier alpha value is -2.80. The standard InChI is InChI=1S/C20H22ClN3O4/c1-12-14(13(2)22-19-18(12)20(26)23-24(19)3)8-9-17(25)28-11-10-27-16-7-5-4-6-15(16)21/h4-7H,8-11H2,1-3H3,(H,23,26). The molecule has 0 unspecified atom stereocenters. The van der Waals surface area contributed by atoms with Gasteiger partial charge >= 0.3 is 5.97 Å². The number of carbonyl (C=O) groups excluding carboxylic acids is 1. The number of carbonyl (C=O) groups is 1. The smallest absolute Gasteiger partial charge is 0.306 e. The number of hydrogen-bond donors (Lipinski definition) is 1. The summed E-state index contributed by atoms with van der Waals surface area (Å²) in [6.07, 6.45) is 0.658. The van der Waals surface area contributed by atoms with E-state index >= 15 is 0 Å². The lowest BCUT2D eigenvalue weighted by Crippen LogP contribution is -2.13. The van der Waals surface area contributed by atoms with Gasteiger partial charge in [-0.05, 0) is 43.5 Å². The molecule has 28 heavy (non-hydrogen) atoms. The fourth-order valence-corrected chi connectivity index (χ4v) is 3.37. The zero-order valence-electron chi connectivity index (χ0n) is 16.0. The van der Waals surface area contributed by atoms with Gasteiger partial charge in [-0.2, -0.15) is 0 Å². The van der Waals surface area contributed by atoms with Crippen LogP contribution >= 0.6 is 11.6 Å². The van der Waals surface area contributed by atoms with Gasteiger partial charge in [-0.15, -0.1) is 0 Å². The molecule has 0 saturated heterocycles. The number of rotatable bonds is 7. The Kier molecular flexibility index (Phi) is 6.04. The molecule has 0 aliphatic heterocycles. The summed E-state index contributed by atoms with van der Waals surface area (Å²) in [5.74, 6) is 0.225. The van der Waals surface area contributed by atoms with E-state index in [0.29, 0.717) is 28.2 Å². The van der Waals surface area contributed by atoms with E-state index in [1.54, 1.807) is 23.9 Å². The molecule has 0 bridgehead atoms. The predicted octanol–water partition coefficient (Wildman–Crippen LogP) is 3.09. The van der Waals surface area contributed by atoms with Crippen molar-refractivity contribution >= 4 is 28.6 Å². The summed E-state index contributed by atoms with van der Waals surface area (Å²) in [6.45, 7) is 4.12. The highest BCUT2D eigenvalue weighted by Gasteiger charge is 2.16. The van der Waals surface area contributed by atoms with E-state index in [0.717, 1.165) is 16.8 Å². The number of para-hydroxylation sites is 1. The van der Waals surface area contributed by atoms with Crippen molar-refractivity contribution < 1.29 is 14.3 Å². The summed E-state index contributed by atoms with van der Waals surface area (Å²) >= 11 is 6.00. The van der Waals surface area contributed by atoms with E-state index in [9.17, 15) is 9.59 Å². The van der Waals surface area contributed by atoms with E-state index in [1.807, 2.05) is 26.0 Å². The molecule has 7 nitrogen and oxygen atoms in total. The highest BCUT2D eigenvalue weighted by Crippen LogP contribution is 2.23. The molecular weight excluding hydrogens is 382 g/mol. The summed E-state index contributed by atoms with van der Waals surface area (Å²) in [7, 11) is 1.75. The normalized spacial score (nSPS) is 11.0. The zero-order chi connectivity index (χ0) is 20.3. The first-order valence-corrected chi connectivity index (χ1v) is 9.34. The van der Waals surface area contributed by atoms with Crippen LogP contribution in [0.1, 0.15) is 23.2 Å². The van der Waals surface area contributed by atoms with E-state index in [-0.39, 0.29) is 31.2 Å². The number of ether oxygens (including phenoxy) is 2. The number of esters is 1. The number of aromatic nitrogens is 3. The van der Waals surface area contributed by atoms with Crippen LogP contribution in [0.15, 0.2) is 29.1 Å². The molecule has 0 aliphatic rings. The van der Waals surface area contributed by atoms with Crippen molar-refractivity contribution in [2.45, 2.75) is 26.7 Å².